The van der Waals surface area contributed by atoms with Gasteiger partial charge in [0.05, 0.1) is 6.54 Å². The maximum absolute atomic E-state index is 11.1. The molecular weight excluding hydrogens is 266 g/mol. The quantitative estimate of drug-likeness (QED) is 0.881. The summed E-state index contributed by atoms with van der Waals surface area (Å²) in [5.41, 5.74) is 7.54. The lowest BCUT2D eigenvalue weighted by molar-refractivity contribution is 0.0995. The predicted octanol–water partition coefficient (Wildman–Crippen LogP) is 2.00. The van der Waals surface area contributed by atoms with E-state index >= 15 is 0 Å². The van der Waals surface area contributed by atoms with Crippen LogP contribution >= 0.6 is 0 Å². The van der Waals surface area contributed by atoms with E-state index in [1.165, 1.54) is 5.56 Å². The first-order valence-electron chi connectivity index (χ1n) is 6.73. The van der Waals surface area contributed by atoms with Crippen LogP contribution in [0.25, 0.3) is 0 Å². The van der Waals surface area contributed by atoms with Gasteiger partial charge in [-0.2, -0.15) is 0 Å². The number of aryl methyl sites for hydroxylation is 1. The Hall–Kier alpha value is -2.56. The van der Waals surface area contributed by atoms with Crippen molar-refractivity contribution in [3.8, 4) is 5.75 Å². The molecule has 0 fully saturated rings. The Morgan fingerprint density at radius 3 is 2.86 bits per heavy atom. The molecule has 0 atom stereocenters. The zero-order valence-corrected chi connectivity index (χ0v) is 12.2. The highest BCUT2D eigenvalue weighted by molar-refractivity contribution is 5.91. The van der Waals surface area contributed by atoms with E-state index < -0.39 is 5.91 Å². The Labute approximate surface area is 124 Å². The third kappa shape index (κ3) is 4.21. The van der Waals surface area contributed by atoms with Crippen molar-refractivity contribution < 1.29 is 9.53 Å². The van der Waals surface area contributed by atoms with E-state index in [-0.39, 0.29) is 5.69 Å². The van der Waals surface area contributed by atoms with Gasteiger partial charge in [-0.3, -0.25) is 9.78 Å². The topological polar surface area (TPSA) is 68.4 Å². The summed E-state index contributed by atoms with van der Waals surface area (Å²) in [5.74, 6) is 0.331. The van der Waals surface area contributed by atoms with Gasteiger partial charge >= 0.3 is 0 Å². The number of hydrogen-bond donors (Lipinski definition) is 1. The maximum atomic E-state index is 11.1. The first kappa shape index (κ1) is 14.8. The number of carbonyl (C=O) groups excluding carboxylic acids is 1. The predicted molar refractivity (Wildman–Crippen MR) is 82.7 cm³/mol. The number of likely N-dealkylation sites (N-methyl/N-ethyl adjacent to an activating group) is 1. The fourth-order valence-corrected chi connectivity index (χ4v) is 1.93. The zero-order valence-electron chi connectivity index (χ0n) is 12.2. The minimum absolute atomic E-state index is 0.263. The summed E-state index contributed by atoms with van der Waals surface area (Å²) in [4.78, 5) is 17.0. The standard InChI is InChI=1S/C16H19N3O2/c1-12-4-3-5-14(10-12)21-9-8-19(2)13-6-7-18-15(11-13)16(17)20/h3-7,10-11H,8-9H2,1-2H3,(H2,17,20). The van der Waals surface area contributed by atoms with Gasteiger partial charge in [0.15, 0.2) is 0 Å². The largest absolute Gasteiger partial charge is 0.492 e. The van der Waals surface area contributed by atoms with Gasteiger partial charge in [-0.1, -0.05) is 12.1 Å². The van der Waals surface area contributed by atoms with Gasteiger partial charge in [-0.25, -0.2) is 0 Å². The lowest BCUT2D eigenvalue weighted by Gasteiger charge is -2.19. The van der Waals surface area contributed by atoms with Crippen LogP contribution in [0.3, 0.4) is 0 Å². The summed E-state index contributed by atoms with van der Waals surface area (Å²) in [7, 11) is 1.93. The molecular formula is C16H19N3O2. The average molecular weight is 285 g/mol. The molecule has 0 bridgehead atoms. The van der Waals surface area contributed by atoms with E-state index in [9.17, 15) is 4.79 Å². The summed E-state index contributed by atoms with van der Waals surface area (Å²) in [5, 5.41) is 0. The fraction of sp³-hybridized carbons (Fsp3) is 0.250. The summed E-state index contributed by atoms with van der Waals surface area (Å²) in [6.07, 6.45) is 1.58. The normalized spacial score (nSPS) is 10.2. The number of aromatic nitrogens is 1. The van der Waals surface area contributed by atoms with Crippen LogP contribution in [0, 0.1) is 6.92 Å². The van der Waals surface area contributed by atoms with Crippen LogP contribution in [0.1, 0.15) is 16.1 Å². The first-order valence-corrected chi connectivity index (χ1v) is 6.73. The maximum Gasteiger partial charge on any atom is 0.267 e. The highest BCUT2D eigenvalue weighted by Crippen LogP contribution is 2.14. The summed E-state index contributed by atoms with van der Waals surface area (Å²) in [6, 6.07) is 11.4. The smallest absolute Gasteiger partial charge is 0.267 e. The van der Waals surface area contributed by atoms with Gasteiger partial charge in [0.1, 0.15) is 18.1 Å². The number of ether oxygens (including phenoxy) is 1. The monoisotopic (exact) mass is 285 g/mol. The highest BCUT2D eigenvalue weighted by Gasteiger charge is 2.06. The highest BCUT2D eigenvalue weighted by atomic mass is 16.5. The summed E-state index contributed by atoms with van der Waals surface area (Å²) < 4.78 is 5.71. The van der Waals surface area contributed by atoms with Crippen molar-refractivity contribution in [1.29, 1.82) is 0 Å². The molecule has 2 N–H and O–H groups in total. The minimum Gasteiger partial charge on any atom is -0.492 e. The first-order chi connectivity index (χ1) is 10.1. The van der Waals surface area contributed by atoms with E-state index in [1.807, 2.05) is 49.2 Å². The number of amides is 1. The van der Waals surface area contributed by atoms with Gasteiger partial charge in [-0.05, 0) is 36.8 Å². The molecule has 1 aromatic carbocycles. The molecule has 0 saturated heterocycles. The average Bonchev–Trinajstić information content (AvgIpc) is 2.47. The molecule has 0 unspecified atom stereocenters. The van der Waals surface area contributed by atoms with Gasteiger partial charge in [-0.15, -0.1) is 0 Å². The van der Waals surface area contributed by atoms with Crippen molar-refractivity contribution in [2.24, 2.45) is 5.73 Å². The van der Waals surface area contributed by atoms with E-state index in [4.69, 9.17) is 10.5 Å². The van der Waals surface area contributed by atoms with Crippen LogP contribution in [0.2, 0.25) is 0 Å². The molecule has 0 spiro atoms. The van der Waals surface area contributed by atoms with Crippen LogP contribution in [0.15, 0.2) is 42.6 Å². The molecule has 0 aliphatic rings. The van der Waals surface area contributed by atoms with Crippen molar-refractivity contribution in [2.45, 2.75) is 6.92 Å². The second-order valence-electron chi connectivity index (χ2n) is 4.85. The Balaban J connectivity index is 1.91. The lowest BCUT2D eigenvalue weighted by Crippen LogP contribution is -2.24. The van der Waals surface area contributed by atoms with E-state index in [0.29, 0.717) is 13.2 Å². The number of primary amides is 1. The summed E-state index contributed by atoms with van der Waals surface area (Å²) in [6.45, 7) is 3.27. The fourth-order valence-electron chi connectivity index (χ4n) is 1.93. The van der Waals surface area contributed by atoms with Crippen LogP contribution < -0.4 is 15.4 Å². The Morgan fingerprint density at radius 2 is 2.14 bits per heavy atom. The van der Waals surface area contributed by atoms with Crippen molar-refractivity contribution >= 4 is 11.6 Å². The molecule has 5 heteroatoms. The Morgan fingerprint density at radius 1 is 1.33 bits per heavy atom. The number of rotatable bonds is 6. The lowest BCUT2D eigenvalue weighted by atomic mass is 10.2. The van der Waals surface area contributed by atoms with Crippen LogP contribution in [0.4, 0.5) is 5.69 Å². The Bertz CT molecular complexity index is 628. The minimum atomic E-state index is -0.527. The summed E-state index contributed by atoms with van der Waals surface area (Å²) >= 11 is 0. The number of pyridine rings is 1. The molecule has 2 aromatic rings. The van der Waals surface area contributed by atoms with Crippen LogP contribution in [0.5, 0.6) is 5.75 Å². The molecule has 1 heterocycles. The molecule has 110 valence electrons. The molecule has 0 saturated carbocycles. The Kier molecular flexibility index (Phi) is 4.77. The van der Waals surface area contributed by atoms with E-state index in [2.05, 4.69) is 4.98 Å². The van der Waals surface area contributed by atoms with Crippen molar-refractivity contribution in [3.05, 3.63) is 53.9 Å². The zero-order chi connectivity index (χ0) is 15.2. The van der Waals surface area contributed by atoms with Gasteiger partial charge in [0, 0.05) is 18.9 Å². The van der Waals surface area contributed by atoms with Gasteiger partial charge < -0.3 is 15.4 Å². The number of benzene rings is 1. The molecule has 21 heavy (non-hydrogen) atoms. The molecule has 0 aliphatic heterocycles. The van der Waals surface area contributed by atoms with Crippen molar-refractivity contribution in [1.82, 2.24) is 4.98 Å². The van der Waals surface area contributed by atoms with Crippen molar-refractivity contribution in [2.75, 3.05) is 25.1 Å². The second-order valence-corrected chi connectivity index (χ2v) is 4.85. The number of anilines is 1. The van der Waals surface area contributed by atoms with E-state index in [1.54, 1.807) is 12.3 Å². The molecule has 2 rings (SSSR count). The second kappa shape index (κ2) is 6.74. The molecule has 5 nitrogen and oxygen atoms in total. The third-order valence-corrected chi connectivity index (χ3v) is 3.12. The van der Waals surface area contributed by atoms with Crippen LogP contribution in [-0.4, -0.2) is 31.1 Å². The van der Waals surface area contributed by atoms with Gasteiger partial charge in [0.2, 0.25) is 0 Å². The number of carbonyl (C=O) groups is 1. The third-order valence-electron chi connectivity index (χ3n) is 3.12. The molecule has 1 amide bonds. The van der Waals surface area contributed by atoms with Crippen LogP contribution in [-0.2, 0) is 0 Å². The van der Waals surface area contributed by atoms with Crippen molar-refractivity contribution in [3.63, 3.8) is 0 Å². The molecule has 0 aliphatic carbocycles. The molecule has 0 radical (unpaired) electrons. The van der Waals surface area contributed by atoms with E-state index in [0.717, 1.165) is 11.4 Å². The number of hydrogen-bond acceptors (Lipinski definition) is 4. The SMILES string of the molecule is Cc1cccc(OCCN(C)c2ccnc(C(N)=O)c2)c1. The van der Waals surface area contributed by atoms with Gasteiger partial charge in [0.25, 0.3) is 5.91 Å². The molecule has 1 aromatic heterocycles. The number of nitrogens with two attached hydrogens (primary N) is 1. The number of nitrogens with zero attached hydrogens (tertiary/aromatic N) is 2.